The van der Waals surface area contributed by atoms with Crippen LogP contribution in [0, 0.1) is 23.0 Å². The Balaban J connectivity index is 2.38. The van der Waals surface area contributed by atoms with Gasteiger partial charge in [0, 0.05) is 12.0 Å². The quantitative estimate of drug-likeness (QED) is 0.932. The van der Waals surface area contributed by atoms with E-state index in [4.69, 9.17) is 5.26 Å². The number of hydrogen-bond donors (Lipinski definition) is 1. The zero-order chi connectivity index (χ0) is 14.8. The highest BCUT2D eigenvalue weighted by molar-refractivity contribution is 5.36. The molecule has 0 saturated carbocycles. The monoisotopic (exact) mass is 273 g/mol. The largest absolute Gasteiger partial charge is 0.385 e. The zero-order valence-electron chi connectivity index (χ0n) is 10.9. The number of nitriles is 1. The summed E-state index contributed by atoms with van der Waals surface area (Å²) in [6, 6.07) is 11.9. The zero-order valence-corrected chi connectivity index (χ0v) is 10.9. The Bertz CT molecular complexity index is 654. The van der Waals surface area contributed by atoms with Crippen LogP contribution in [-0.4, -0.2) is 5.11 Å². The molecule has 0 aromatic heterocycles. The summed E-state index contributed by atoms with van der Waals surface area (Å²) in [7, 11) is 0. The van der Waals surface area contributed by atoms with Crippen LogP contribution in [0.5, 0.6) is 0 Å². The van der Waals surface area contributed by atoms with E-state index in [1.807, 2.05) is 6.07 Å². The Labute approximate surface area is 115 Å². The van der Waals surface area contributed by atoms with Crippen molar-refractivity contribution in [3.8, 4) is 6.07 Å². The molecule has 4 heteroatoms. The van der Waals surface area contributed by atoms with Gasteiger partial charge in [-0.1, -0.05) is 18.2 Å². The minimum Gasteiger partial charge on any atom is -0.385 e. The topological polar surface area (TPSA) is 44.0 Å². The molecule has 1 atom stereocenters. The van der Waals surface area contributed by atoms with Gasteiger partial charge in [-0.15, -0.1) is 0 Å². The van der Waals surface area contributed by atoms with Crippen molar-refractivity contribution < 1.29 is 13.9 Å². The van der Waals surface area contributed by atoms with Crippen LogP contribution in [0.2, 0.25) is 0 Å². The molecule has 0 spiro atoms. The fraction of sp³-hybridized carbons (Fsp3) is 0.188. The van der Waals surface area contributed by atoms with Crippen LogP contribution < -0.4 is 0 Å². The first-order chi connectivity index (χ1) is 9.44. The van der Waals surface area contributed by atoms with E-state index in [1.54, 1.807) is 18.2 Å². The molecule has 0 heterocycles. The van der Waals surface area contributed by atoms with Crippen molar-refractivity contribution in [1.29, 1.82) is 5.26 Å². The smallest absolute Gasteiger partial charge is 0.129 e. The van der Waals surface area contributed by atoms with Crippen LogP contribution in [0.4, 0.5) is 8.78 Å². The van der Waals surface area contributed by atoms with E-state index >= 15 is 0 Å². The molecule has 0 saturated heterocycles. The highest BCUT2D eigenvalue weighted by atomic mass is 19.1. The van der Waals surface area contributed by atoms with Crippen molar-refractivity contribution in [2.24, 2.45) is 0 Å². The second-order valence-corrected chi connectivity index (χ2v) is 4.84. The summed E-state index contributed by atoms with van der Waals surface area (Å²) < 4.78 is 27.3. The summed E-state index contributed by atoms with van der Waals surface area (Å²) in [5.74, 6) is -1.39. The highest BCUT2D eigenvalue weighted by Gasteiger charge is 2.27. The van der Waals surface area contributed by atoms with Crippen molar-refractivity contribution in [2.75, 3.05) is 0 Å². The summed E-state index contributed by atoms with van der Waals surface area (Å²) in [6.45, 7) is 1.47. The van der Waals surface area contributed by atoms with Gasteiger partial charge >= 0.3 is 0 Å². The SMILES string of the molecule is CC(O)(Cc1c(F)cccc1F)c1cccc(C#N)c1. The lowest BCUT2D eigenvalue weighted by molar-refractivity contribution is 0.0556. The molecule has 0 amide bonds. The number of hydrogen-bond acceptors (Lipinski definition) is 2. The van der Waals surface area contributed by atoms with Crippen LogP contribution in [0.25, 0.3) is 0 Å². The highest BCUT2D eigenvalue weighted by Crippen LogP contribution is 2.28. The van der Waals surface area contributed by atoms with Crippen molar-refractivity contribution in [1.82, 2.24) is 0 Å². The Hall–Kier alpha value is -2.25. The molecule has 1 N–H and O–H groups in total. The second-order valence-electron chi connectivity index (χ2n) is 4.84. The van der Waals surface area contributed by atoms with Crippen LogP contribution in [-0.2, 0) is 12.0 Å². The predicted molar refractivity (Wildman–Crippen MR) is 70.8 cm³/mol. The summed E-state index contributed by atoms with van der Waals surface area (Å²) in [4.78, 5) is 0. The molecule has 1 unspecified atom stereocenters. The average molecular weight is 273 g/mol. The number of aliphatic hydroxyl groups is 1. The van der Waals surface area contributed by atoms with Gasteiger partial charge in [0.15, 0.2) is 0 Å². The molecule has 0 aliphatic rings. The Morgan fingerprint density at radius 3 is 2.35 bits per heavy atom. The third-order valence-electron chi connectivity index (χ3n) is 3.20. The first-order valence-electron chi connectivity index (χ1n) is 6.10. The van der Waals surface area contributed by atoms with Gasteiger partial charge in [0.25, 0.3) is 0 Å². The lowest BCUT2D eigenvalue weighted by Gasteiger charge is -2.24. The van der Waals surface area contributed by atoms with Gasteiger partial charge in [0.1, 0.15) is 11.6 Å². The van der Waals surface area contributed by atoms with Gasteiger partial charge in [-0.2, -0.15) is 5.26 Å². The molecule has 102 valence electrons. The second kappa shape index (κ2) is 5.40. The van der Waals surface area contributed by atoms with E-state index in [1.165, 1.54) is 19.1 Å². The third-order valence-corrected chi connectivity index (χ3v) is 3.20. The molecule has 20 heavy (non-hydrogen) atoms. The molecule has 0 aliphatic carbocycles. The Morgan fingerprint density at radius 2 is 1.75 bits per heavy atom. The van der Waals surface area contributed by atoms with Gasteiger partial charge in [-0.3, -0.25) is 0 Å². The molecule has 2 rings (SSSR count). The summed E-state index contributed by atoms with van der Waals surface area (Å²) in [5.41, 5.74) is -0.800. The van der Waals surface area contributed by atoms with E-state index in [0.717, 1.165) is 12.1 Å². The molecule has 2 nitrogen and oxygen atoms in total. The lowest BCUT2D eigenvalue weighted by Crippen LogP contribution is -2.25. The molecule has 0 fully saturated rings. The van der Waals surface area contributed by atoms with Crippen LogP contribution >= 0.6 is 0 Å². The van der Waals surface area contributed by atoms with Crippen LogP contribution in [0.15, 0.2) is 42.5 Å². The maximum Gasteiger partial charge on any atom is 0.129 e. The van der Waals surface area contributed by atoms with Gasteiger partial charge in [-0.25, -0.2) is 8.78 Å². The third kappa shape index (κ3) is 2.84. The maximum absolute atomic E-state index is 13.6. The predicted octanol–water partition coefficient (Wildman–Crippen LogP) is 3.29. The lowest BCUT2D eigenvalue weighted by atomic mass is 9.88. The summed E-state index contributed by atoms with van der Waals surface area (Å²) in [5, 5.41) is 19.3. The van der Waals surface area contributed by atoms with Gasteiger partial charge < -0.3 is 5.11 Å². The van der Waals surface area contributed by atoms with E-state index in [0.29, 0.717) is 11.1 Å². The van der Waals surface area contributed by atoms with Crippen molar-refractivity contribution in [3.05, 3.63) is 70.8 Å². The first-order valence-corrected chi connectivity index (χ1v) is 6.10. The Morgan fingerprint density at radius 1 is 1.15 bits per heavy atom. The van der Waals surface area contributed by atoms with E-state index in [-0.39, 0.29) is 12.0 Å². The van der Waals surface area contributed by atoms with Crippen molar-refractivity contribution in [3.63, 3.8) is 0 Å². The van der Waals surface area contributed by atoms with Crippen molar-refractivity contribution in [2.45, 2.75) is 18.9 Å². The molecular weight excluding hydrogens is 260 g/mol. The first kappa shape index (κ1) is 14.2. The minimum absolute atomic E-state index is 0.167. The van der Waals surface area contributed by atoms with Crippen LogP contribution in [0.3, 0.4) is 0 Å². The van der Waals surface area contributed by atoms with Crippen LogP contribution in [0.1, 0.15) is 23.6 Å². The molecular formula is C16H13F2NO. The molecule has 0 bridgehead atoms. The molecule has 2 aromatic rings. The normalized spacial score (nSPS) is 13.6. The van der Waals surface area contributed by atoms with Gasteiger partial charge in [0.2, 0.25) is 0 Å². The van der Waals surface area contributed by atoms with Gasteiger partial charge in [-0.05, 0) is 36.8 Å². The standard InChI is InChI=1S/C16H13F2NO/c1-16(20,12-5-2-4-11(8-12)10-19)9-13-14(17)6-3-7-15(13)18/h2-8,20H,9H2,1H3. The van der Waals surface area contributed by atoms with E-state index < -0.39 is 17.2 Å². The average Bonchev–Trinajstić information content (AvgIpc) is 2.43. The van der Waals surface area contributed by atoms with E-state index in [9.17, 15) is 13.9 Å². The number of nitrogens with zero attached hydrogens (tertiary/aromatic N) is 1. The van der Waals surface area contributed by atoms with E-state index in [2.05, 4.69) is 0 Å². The fourth-order valence-electron chi connectivity index (χ4n) is 2.07. The molecule has 0 radical (unpaired) electrons. The summed E-state index contributed by atoms with van der Waals surface area (Å²) >= 11 is 0. The summed E-state index contributed by atoms with van der Waals surface area (Å²) in [6.07, 6.45) is -0.208. The number of benzene rings is 2. The number of rotatable bonds is 3. The minimum atomic E-state index is -1.46. The number of halogens is 2. The molecule has 0 aliphatic heterocycles. The molecule has 2 aromatic carbocycles. The van der Waals surface area contributed by atoms with Crippen molar-refractivity contribution >= 4 is 0 Å². The maximum atomic E-state index is 13.6. The fourth-order valence-corrected chi connectivity index (χ4v) is 2.07. The Kier molecular flexibility index (Phi) is 3.82. The van der Waals surface area contributed by atoms with Gasteiger partial charge in [0.05, 0.1) is 17.2 Å².